The minimum absolute atomic E-state index is 0.115. The fourth-order valence-corrected chi connectivity index (χ4v) is 0.880. The zero-order valence-electron chi connectivity index (χ0n) is 6.37. The zero-order valence-corrected chi connectivity index (χ0v) is 6.37. The molecule has 0 aliphatic heterocycles. The highest BCUT2D eigenvalue weighted by Crippen LogP contribution is 2.10. The molecule has 1 N–H and O–H groups in total. The highest BCUT2D eigenvalue weighted by molar-refractivity contribution is 5.82. The predicted molar refractivity (Wildman–Crippen MR) is 43.0 cm³/mol. The maximum absolute atomic E-state index is 10.8. The van der Waals surface area contributed by atoms with Gasteiger partial charge in [0.15, 0.2) is 5.78 Å². The lowest BCUT2D eigenvalue weighted by Crippen LogP contribution is -2.08. The number of nitrogens with one attached hydrogen (secondary N) is 1. The molecular weight excluding hydrogens is 138 g/mol. The zero-order chi connectivity index (χ0) is 8.27. The molecule has 57 valence electrons. The van der Waals surface area contributed by atoms with Crippen molar-refractivity contribution in [3.63, 3.8) is 0 Å². The van der Waals surface area contributed by atoms with Gasteiger partial charge >= 0.3 is 0 Å². The standard InChI is InChI=1S/C9H10NO/c1-7(11)9(10)8-5-3-2-4-6-8/h2-6,9-10H,1H3. The van der Waals surface area contributed by atoms with E-state index in [2.05, 4.69) is 0 Å². The van der Waals surface area contributed by atoms with Crippen molar-refractivity contribution in [1.82, 2.24) is 5.73 Å². The summed E-state index contributed by atoms with van der Waals surface area (Å²) >= 11 is 0. The number of Topliss-reactive ketones (excluding diaryl/α,β-unsaturated/α-hetero) is 1. The third kappa shape index (κ3) is 1.88. The predicted octanol–water partition coefficient (Wildman–Crippen LogP) is 1.60. The molecule has 11 heavy (non-hydrogen) atoms. The van der Waals surface area contributed by atoms with E-state index in [0.717, 1.165) is 5.56 Å². The Balaban J connectivity index is 2.85. The van der Waals surface area contributed by atoms with Gasteiger partial charge < -0.3 is 0 Å². The lowest BCUT2D eigenvalue weighted by molar-refractivity contribution is -0.118. The summed E-state index contributed by atoms with van der Waals surface area (Å²) in [7, 11) is 0. The van der Waals surface area contributed by atoms with Crippen molar-refractivity contribution in [3.8, 4) is 0 Å². The van der Waals surface area contributed by atoms with Gasteiger partial charge in [-0.15, -0.1) is 0 Å². The summed E-state index contributed by atoms with van der Waals surface area (Å²) in [5, 5.41) is 0. The van der Waals surface area contributed by atoms with E-state index in [1.165, 1.54) is 6.92 Å². The molecule has 0 aromatic heterocycles. The molecular formula is C9H10NO. The van der Waals surface area contributed by atoms with Gasteiger partial charge in [0, 0.05) is 0 Å². The molecule has 2 nitrogen and oxygen atoms in total. The summed E-state index contributed by atoms with van der Waals surface area (Å²) in [5.74, 6) is -0.115. The Morgan fingerprint density at radius 1 is 1.36 bits per heavy atom. The number of hydrogen-bond acceptors (Lipinski definition) is 1. The number of carbonyl (C=O) groups is 1. The van der Waals surface area contributed by atoms with Gasteiger partial charge in [-0.1, -0.05) is 30.3 Å². The third-order valence-corrected chi connectivity index (χ3v) is 1.54. The van der Waals surface area contributed by atoms with Crippen LogP contribution in [0.1, 0.15) is 18.5 Å². The summed E-state index contributed by atoms with van der Waals surface area (Å²) in [6, 6.07) is 8.41. The molecule has 1 rings (SSSR count). The topological polar surface area (TPSA) is 40.9 Å². The Kier molecular flexibility index (Phi) is 2.39. The van der Waals surface area contributed by atoms with Crippen molar-refractivity contribution < 1.29 is 4.79 Å². The minimum Gasteiger partial charge on any atom is -0.298 e. The van der Waals surface area contributed by atoms with Gasteiger partial charge in [-0.25, -0.2) is 5.73 Å². The number of hydrogen-bond donors (Lipinski definition) is 0. The molecule has 1 aromatic rings. The first-order chi connectivity index (χ1) is 5.22. The van der Waals surface area contributed by atoms with Crippen molar-refractivity contribution in [2.45, 2.75) is 13.0 Å². The van der Waals surface area contributed by atoms with Gasteiger partial charge in [0.2, 0.25) is 0 Å². The first kappa shape index (κ1) is 7.95. The van der Waals surface area contributed by atoms with E-state index in [1.807, 2.05) is 18.2 Å². The van der Waals surface area contributed by atoms with E-state index >= 15 is 0 Å². The normalized spacial score (nSPS) is 12.5. The minimum atomic E-state index is -0.712. The van der Waals surface area contributed by atoms with Crippen LogP contribution in [0.4, 0.5) is 0 Å². The first-order valence-corrected chi connectivity index (χ1v) is 3.48. The van der Waals surface area contributed by atoms with Crippen LogP contribution in [-0.2, 0) is 4.79 Å². The van der Waals surface area contributed by atoms with E-state index in [9.17, 15) is 4.79 Å². The molecule has 2 heteroatoms. The number of benzene rings is 1. The van der Waals surface area contributed by atoms with E-state index in [-0.39, 0.29) is 5.78 Å². The molecule has 0 saturated carbocycles. The molecule has 0 spiro atoms. The highest BCUT2D eigenvalue weighted by atomic mass is 16.1. The third-order valence-electron chi connectivity index (χ3n) is 1.54. The lowest BCUT2D eigenvalue weighted by Gasteiger charge is -2.04. The summed E-state index contributed by atoms with van der Waals surface area (Å²) in [4.78, 5) is 10.8. The smallest absolute Gasteiger partial charge is 0.152 e. The van der Waals surface area contributed by atoms with Crippen molar-refractivity contribution in [3.05, 3.63) is 35.9 Å². The van der Waals surface area contributed by atoms with Gasteiger partial charge in [-0.3, -0.25) is 4.79 Å². The fraction of sp³-hybridized carbons (Fsp3) is 0.222. The average Bonchev–Trinajstić information content (AvgIpc) is 2.05. The molecule has 0 bridgehead atoms. The molecule has 0 aliphatic rings. The molecule has 1 radical (unpaired) electrons. The molecule has 1 atom stereocenters. The molecule has 0 heterocycles. The van der Waals surface area contributed by atoms with Crippen molar-refractivity contribution in [1.29, 1.82) is 0 Å². The van der Waals surface area contributed by atoms with Crippen LogP contribution in [0.2, 0.25) is 0 Å². The molecule has 1 unspecified atom stereocenters. The van der Waals surface area contributed by atoms with Crippen molar-refractivity contribution in [2.75, 3.05) is 0 Å². The summed E-state index contributed by atoms with van der Waals surface area (Å²) in [6.45, 7) is 1.44. The number of ketones is 1. The Hall–Kier alpha value is -1.15. The van der Waals surface area contributed by atoms with Crippen LogP contribution in [0.3, 0.4) is 0 Å². The summed E-state index contributed by atoms with van der Waals surface area (Å²) in [5.41, 5.74) is 8.18. The summed E-state index contributed by atoms with van der Waals surface area (Å²) < 4.78 is 0. The second-order valence-corrected chi connectivity index (χ2v) is 2.45. The second kappa shape index (κ2) is 3.30. The Labute approximate surface area is 66.0 Å². The average molecular weight is 148 g/mol. The first-order valence-electron chi connectivity index (χ1n) is 3.48. The highest BCUT2D eigenvalue weighted by Gasteiger charge is 2.09. The van der Waals surface area contributed by atoms with Crippen LogP contribution in [0.15, 0.2) is 30.3 Å². The van der Waals surface area contributed by atoms with Crippen LogP contribution < -0.4 is 5.73 Å². The molecule has 0 saturated heterocycles. The lowest BCUT2D eigenvalue weighted by atomic mass is 10.1. The van der Waals surface area contributed by atoms with Crippen molar-refractivity contribution in [2.24, 2.45) is 0 Å². The van der Waals surface area contributed by atoms with Gasteiger partial charge in [0.05, 0.1) is 0 Å². The SMILES string of the molecule is CC(=O)C([NH])c1ccccc1. The molecule has 0 fully saturated rings. The van der Waals surface area contributed by atoms with Crippen molar-refractivity contribution >= 4 is 5.78 Å². The van der Waals surface area contributed by atoms with Crippen LogP contribution in [-0.4, -0.2) is 5.78 Å². The van der Waals surface area contributed by atoms with Crippen LogP contribution in [0.5, 0.6) is 0 Å². The van der Waals surface area contributed by atoms with Crippen LogP contribution in [0.25, 0.3) is 0 Å². The van der Waals surface area contributed by atoms with Gasteiger partial charge in [-0.05, 0) is 12.5 Å². The Morgan fingerprint density at radius 3 is 2.36 bits per heavy atom. The number of rotatable bonds is 2. The van der Waals surface area contributed by atoms with Gasteiger partial charge in [0.1, 0.15) is 6.04 Å². The fourth-order valence-electron chi connectivity index (χ4n) is 0.880. The monoisotopic (exact) mass is 148 g/mol. The maximum Gasteiger partial charge on any atom is 0.152 e. The Bertz CT molecular complexity index is 243. The summed E-state index contributed by atoms with van der Waals surface area (Å²) in [6.07, 6.45) is 0. The van der Waals surface area contributed by atoms with E-state index < -0.39 is 6.04 Å². The Morgan fingerprint density at radius 2 is 1.91 bits per heavy atom. The quantitative estimate of drug-likeness (QED) is 0.628. The molecule has 1 aromatic carbocycles. The van der Waals surface area contributed by atoms with Crippen LogP contribution in [0, 0.1) is 0 Å². The van der Waals surface area contributed by atoms with E-state index in [0.29, 0.717) is 0 Å². The van der Waals surface area contributed by atoms with E-state index in [1.54, 1.807) is 12.1 Å². The maximum atomic E-state index is 10.8. The largest absolute Gasteiger partial charge is 0.298 e. The molecule has 0 amide bonds. The number of carbonyl (C=O) groups excluding carboxylic acids is 1. The van der Waals surface area contributed by atoms with Gasteiger partial charge in [-0.2, -0.15) is 0 Å². The molecule has 0 aliphatic carbocycles. The van der Waals surface area contributed by atoms with Crippen LogP contribution >= 0.6 is 0 Å². The van der Waals surface area contributed by atoms with E-state index in [4.69, 9.17) is 5.73 Å². The van der Waals surface area contributed by atoms with Gasteiger partial charge in [0.25, 0.3) is 0 Å². The second-order valence-electron chi connectivity index (χ2n) is 2.45.